The number of benzene rings is 1. The van der Waals surface area contributed by atoms with Gasteiger partial charge in [0, 0.05) is 23.9 Å². The number of likely N-dealkylation sites (N-methyl/N-ethyl adjacent to an activating group) is 1. The zero-order valence-electron chi connectivity index (χ0n) is 21.3. The summed E-state index contributed by atoms with van der Waals surface area (Å²) >= 11 is 1.73. The normalized spacial score (nSPS) is 14.6. The Morgan fingerprint density at radius 1 is 1.09 bits per heavy atom. The first kappa shape index (κ1) is 28.1. The molecule has 1 fully saturated rings. The maximum absolute atomic E-state index is 5.82. The number of nitrogens with zero attached hydrogens (tertiary/aromatic N) is 3. The summed E-state index contributed by atoms with van der Waals surface area (Å²) in [6, 6.07) is 9.04. The molecule has 0 unspecified atom stereocenters. The fourth-order valence-corrected chi connectivity index (χ4v) is 4.36. The molecule has 34 heavy (non-hydrogen) atoms. The summed E-state index contributed by atoms with van der Waals surface area (Å²) in [4.78, 5) is 2.46. The first-order valence-electron chi connectivity index (χ1n) is 12.5. The van der Waals surface area contributed by atoms with Crippen molar-refractivity contribution < 1.29 is 9.15 Å². The van der Waals surface area contributed by atoms with Crippen molar-refractivity contribution in [1.29, 1.82) is 0 Å². The molecule has 1 saturated carbocycles. The zero-order valence-corrected chi connectivity index (χ0v) is 22.1. The highest BCUT2D eigenvalue weighted by atomic mass is 32.2. The molecule has 0 atom stereocenters. The summed E-state index contributed by atoms with van der Waals surface area (Å²) in [6.07, 6.45) is 17.8. The molecule has 0 amide bonds. The quantitative estimate of drug-likeness (QED) is 0.225. The molecule has 0 N–H and O–H groups in total. The summed E-state index contributed by atoms with van der Waals surface area (Å²) in [5.41, 5.74) is 2.13. The third-order valence-electron chi connectivity index (χ3n) is 5.53. The van der Waals surface area contributed by atoms with E-state index in [4.69, 9.17) is 9.15 Å². The predicted octanol–water partition coefficient (Wildman–Crippen LogP) is 7.03. The Morgan fingerprint density at radius 2 is 1.85 bits per heavy atom. The van der Waals surface area contributed by atoms with Crippen molar-refractivity contribution in [2.24, 2.45) is 0 Å². The maximum atomic E-state index is 5.82. The van der Waals surface area contributed by atoms with Crippen LogP contribution >= 0.6 is 11.8 Å². The number of hydrogen-bond acceptors (Lipinski definition) is 6. The monoisotopic (exact) mass is 483 g/mol. The number of ether oxygens (including phenoxy) is 1. The third-order valence-corrected chi connectivity index (χ3v) is 6.43. The van der Waals surface area contributed by atoms with Gasteiger partial charge in [-0.05, 0) is 44.5 Å². The van der Waals surface area contributed by atoms with Crippen LogP contribution in [0.15, 0.2) is 59.1 Å². The molecule has 5 nitrogen and oxygen atoms in total. The van der Waals surface area contributed by atoms with E-state index in [9.17, 15) is 0 Å². The van der Waals surface area contributed by atoms with Crippen LogP contribution in [0.5, 0.6) is 0 Å². The molecule has 0 bridgehead atoms. The first-order chi connectivity index (χ1) is 16.8. The fraction of sp³-hybridized carbons (Fsp3) is 0.500. The summed E-state index contributed by atoms with van der Waals surface area (Å²) in [6.45, 7) is 8.33. The second-order valence-electron chi connectivity index (χ2n) is 7.98. The predicted molar refractivity (Wildman–Crippen MR) is 146 cm³/mol. The minimum atomic E-state index is 0.572. The minimum absolute atomic E-state index is 0.572. The smallest absolute Gasteiger partial charge is 0.247 e. The maximum Gasteiger partial charge on any atom is 0.247 e. The van der Waals surface area contributed by atoms with Crippen molar-refractivity contribution in [2.75, 3.05) is 32.6 Å². The van der Waals surface area contributed by atoms with Crippen molar-refractivity contribution in [1.82, 2.24) is 15.1 Å². The molecule has 1 aromatic carbocycles. The molecule has 1 aliphatic carbocycles. The van der Waals surface area contributed by atoms with Gasteiger partial charge < -0.3 is 9.15 Å². The molecule has 0 radical (unpaired) electrons. The Labute approximate surface area is 210 Å². The summed E-state index contributed by atoms with van der Waals surface area (Å²) in [5, 5.41) is 8.37. The molecule has 1 heterocycles. The first-order valence-corrected chi connectivity index (χ1v) is 13.6. The van der Waals surface area contributed by atoms with Gasteiger partial charge in [0.1, 0.15) is 0 Å². The van der Waals surface area contributed by atoms with Gasteiger partial charge in [-0.3, -0.25) is 4.90 Å². The number of hydrogen-bond donors (Lipinski definition) is 0. The molecular formula is C28H41N3O2S. The molecule has 1 aromatic heterocycles. The van der Waals surface area contributed by atoms with Gasteiger partial charge in [0.2, 0.25) is 11.8 Å². The van der Waals surface area contributed by atoms with Crippen LogP contribution in [0.1, 0.15) is 57.9 Å². The van der Waals surface area contributed by atoms with E-state index in [1.807, 2.05) is 57.2 Å². The molecular weight excluding hydrogens is 442 g/mol. The average Bonchev–Trinajstić information content (AvgIpc) is 3.58. The Bertz CT molecular complexity index is 868. The van der Waals surface area contributed by atoms with E-state index in [1.165, 1.54) is 31.2 Å². The number of aromatic nitrogens is 2. The van der Waals surface area contributed by atoms with Crippen molar-refractivity contribution in [3.63, 3.8) is 0 Å². The van der Waals surface area contributed by atoms with Gasteiger partial charge in [0.15, 0.2) is 0 Å². The Hall–Kier alpha value is -2.15. The van der Waals surface area contributed by atoms with Crippen molar-refractivity contribution >= 4 is 17.8 Å². The van der Waals surface area contributed by atoms with Crippen LogP contribution in [0.4, 0.5) is 0 Å². The lowest BCUT2D eigenvalue weighted by Gasteiger charge is -2.22. The van der Waals surface area contributed by atoms with Crippen LogP contribution in [0.3, 0.4) is 0 Å². The molecule has 2 aromatic rings. The van der Waals surface area contributed by atoms with E-state index in [2.05, 4.69) is 46.4 Å². The molecule has 0 spiro atoms. The van der Waals surface area contributed by atoms with E-state index in [0.717, 1.165) is 23.9 Å². The molecule has 6 heteroatoms. The van der Waals surface area contributed by atoms with Gasteiger partial charge in [0.25, 0.3) is 0 Å². The van der Waals surface area contributed by atoms with Crippen LogP contribution in [-0.4, -0.2) is 53.7 Å². The average molecular weight is 484 g/mol. The number of thioether (sulfide) groups is 1. The second-order valence-corrected chi connectivity index (χ2v) is 9.09. The zero-order chi connectivity index (χ0) is 24.4. The minimum Gasteiger partial charge on any atom is -0.420 e. The highest BCUT2D eigenvalue weighted by molar-refractivity contribution is 7.98. The van der Waals surface area contributed by atoms with E-state index in [-0.39, 0.29) is 0 Å². The van der Waals surface area contributed by atoms with Crippen LogP contribution < -0.4 is 0 Å². The van der Waals surface area contributed by atoms with Gasteiger partial charge in [-0.15, -0.1) is 22.0 Å². The SMILES string of the molecule is C/C=C\C=C/COCCSCc1nnc(-c2ccc(/C=C/CN(C)C3CCCC3)cc2)o1.CC. The van der Waals surface area contributed by atoms with Gasteiger partial charge in [0.05, 0.1) is 19.0 Å². The largest absolute Gasteiger partial charge is 0.420 e. The summed E-state index contributed by atoms with van der Waals surface area (Å²) in [7, 11) is 2.23. The standard InChI is InChI=1S/C26H35N3O2S.C2H6/c1-3-4-5-8-18-30-19-20-32-21-25-27-28-26(31-25)23-15-13-22(14-16-23)10-9-17-29(2)24-11-6-7-12-24;1-2/h3-5,8-10,13-16,24H,6-7,11-12,17-21H2,1-2H3;1-2H3/b4-3-,8-5-,10-9+;. The van der Waals surface area contributed by atoms with Gasteiger partial charge in [-0.25, -0.2) is 0 Å². The number of rotatable bonds is 13. The second kappa shape index (κ2) is 17.3. The van der Waals surface area contributed by atoms with Crippen molar-refractivity contribution in [2.45, 2.75) is 58.2 Å². The van der Waals surface area contributed by atoms with Crippen LogP contribution in [-0.2, 0) is 10.5 Å². The van der Waals surface area contributed by atoms with Crippen LogP contribution in [0, 0.1) is 0 Å². The summed E-state index contributed by atoms with van der Waals surface area (Å²) in [5.74, 6) is 2.81. The molecule has 186 valence electrons. The fourth-order valence-electron chi connectivity index (χ4n) is 3.69. The van der Waals surface area contributed by atoms with Crippen molar-refractivity contribution in [3.8, 4) is 11.5 Å². The topological polar surface area (TPSA) is 51.4 Å². The van der Waals surface area contributed by atoms with E-state index < -0.39 is 0 Å². The lowest BCUT2D eigenvalue weighted by Crippen LogP contribution is -2.29. The molecule has 1 aliphatic rings. The molecule has 3 rings (SSSR count). The third kappa shape index (κ3) is 10.4. The van der Waals surface area contributed by atoms with Crippen LogP contribution in [0.2, 0.25) is 0 Å². The number of allylic oxidation sites excluding steroid dienone is 3. The Morgan fingerprint density at radius 3 is 2.59 bits per heavy atom. The van der Waals surface area contributed by atoms with E-state index in [0.29, 0.717) is 30.7 Å². The summed E-state index contributed by atoms with van der Waals surface area (Å²) < 4.78 is 11.4. The van der Waals surface area contributed by atoms with Gasteiger partial charge in [-0.1, -0.05) is 75.3 Å². The highest BCUT2D eigenvalue weighted by Gasteiger charge is 2.18. The Balaban J connectivity index is 0.00000199. The van der Waals surface area contributed by atoms with Gasteiger partial charge >= 0.3 is 0 Å². The molecule has 0 aliphatic heterocycles. The van der Waals surface area contributed by atoms with E-state index >= 15 is 0 Å². The Kier molecular flexibility index (Phi) is 14.3. The van der Waals surface area contributed by atoms with E-state index in [1.54, 1.807) is 11.8 Å². The van der Waals surface area contributed by atoms with Crippen molar-refractivity contribution in [3.05, 3.63) is 66.1 Å². The molecule has 0 saturated heterocycles. The lowest BCUT2D eigenvalue weighted by molar-refractivity contribution is 0.180. The van der Waals surface area contributed by atoms with Crippen LogP contribution in [0.25, 0.3) is 17.5 Å². The lowest BCUT2D eigenvalue weighted by atomic mass is 10.1. The highest BCUT2D eigenvalue weighted by Crippen LogP contribution is 2.23. The van der Waals surface area contributed by atoms with Gasteiger partial charge in [-0.2, -0.15) is 0 Å².